The number of rotatable bonds is 5. The van der Waals surface area contributed by atoms with Gasteiger partial charge in [0.1, 0.15) is 11.5 Å². The fourth-order valence-electron chi connectivity index (χ4n) is 7.08. The number of aromatic nitrogens is 2. The monoisotopic (exact) mass is 455 g/mol. The molecule has 0 spiro atoms. The van der Waals surface area contributed by atoms with Gasteiger partial charge in [-0.1, -0.05) is 45.8 Å². The Labute approximate surface area is 200 Å². The molecule has 1 aromatic rings. The maximum absolute atomic E-state index is 11.9. The second-order valence-corrected chi connectivity index (χ2v) is 12.2. The van der Waals surface area contributed by atoms with E-state index in [1.807, 2.05) is 25.3 Å². The molecular formula is C27H45N5O. The highest BCUT2D eigenvalue weighted by atomic mass is 16.3. The van der Waals surface area contributed by atoms with Crippen LogP contribution in [-0.4, -0.2) is 51.8 Å². The molecular weight excluding hydrogens is 410 g/mol. The summed E-state index contributed by atoms with van der Waals surface area (Å²) in [6.45, 7) is 13.1. The van der Waals surface area contributed by atoms with E-state index >= 15 is 0 Å². The van der Waals surface area contributed by atoms with Crippen LogP contribution in [0.3, 0.4) is 0 Å². The Balaban J connectivity index is 1.47. The Morgan fingerprint density at radius 2 is 1.94 bits per heavy atom. The number of aliphatic hydroxyl groups is 1. The van der Waals surface area contributed by atoms with Crippen LogP contribution in [0.2, 0.25) is 0 Å². The van der Waals surface area contributed by atoms with Crippen LogP contribution >= 0.6 is 0 Å². The minimum atomic E-state index is -0.529. The highest BCUT2D eigenvalue weighted by Gasteiger charge is 2.60. The fourth-order valence-corrected chi connectivity index (χ4v) is 7.08. The minimum Gasteiger partial charge on any atom is -0.389 e. The lowest BCUT2D eigenvalue weighted by molar-refractivity contribution is -0.212. The number of nitrogens with one attached hydrogen (secondary N) is 1. The molecule has 2 heterocycles. The topological polar surface area (TPSA) is 68.4 Å². The van der Waals surface area contributed by atoms with Crippen molar-refractivity contribution in [1.82, 2.24) is 14.5 Å². The predicted octanol–water partition coefficient (Wildman–Crippen LogP) is 5.27. The lowest BCUT2D eigenvalue weighted by Gasteiger charge is -2.62. The molecule has 3 aliphatic rings. The standard InChI is InChI=1S/C27H45N5O/c1-19(12-16-32-17-29-24-22(32)23(28)30(6)18-31(24)7)10-14-26(5)20(2)11-15-27(33)21(26)9-8-13-25(27,3)4/h12,17,20-21,28,33H,8-11,13-16,18H2,1-7H3/b19-12+,28-23?/t20-,21-,26+,27+/m1/s1. The Hall–Kier alpha value is -1.82. The van der Waals surface area contributed by atoms with Crippen molar-refractivity contribution in [2.24, 2.45) is 22.7 Å². The molecule has 0 aromatic carbocycles. The van der Waals surface area contributed by atoms with E-state index in [4.69, 9.17) is 5.41 Å². The van der Waals surface area contributed by atoms with Crippen molar-refractivity contribution in [3.8, 4) is 0 Å². The van der Waals surface area contributed by atoms with Gasteiger partial charge in [-0.15, -0.1) is 0 Å². The van der Waals surface area contributed by atoms with Crippen molar-refractivity contribution in [2.45, 2.75) is 91.7 Å². The van der Waals surface area contributed by atoms with Gasteiger partial charge in [-0.25, -0.2) is 4.98 Å². The molecule has 6 heteroatoms. The van der Waals surface area contributed by atoms with E-state index in [0.29, 0.717) is 24.3 Å². The Morgan fingerprint density at radius 3 is 2.67 bits per heavy atom. The van der Waals surface area contributed by atoms with E-state index < -0.39 is 5.60 Å². The molecule has 2 fully saturated rings. The molecule has 4 atom stereocenters. The first-order valence-corrected chi connectivity index (χ1v) is 12.8. The normalized spacial score (nSPS) is 34.3. The van der Waals surface area contributed by atoms with Gasteiger partial charge in [0.25, 0.3) is 0 Å². The largest absolute Gasteiger partial charge is 0.389 e. The first-order valence-electron chi connectivity index (χ1n) is 12.8. The molecule has 0 unspecified atom stereocenters. The summed E-state index contributed by atoms with van der Waals surface area (Å²) in [4.78, 5) is 8.62. The lowest BCUT2D eigenvalue weighted by atomic mass is 9.45. The van der Waals surface area contributed by atoms with Crippen LogP contribution in [0, 0.1) is 28.1 Å². The van der Waals surface area contributed by atoms with Crippen LogP contribution in [0.4, 0.5) is 5.82 Å². The molecule has 0 saturated heterocycles. The zero-order chi connectivity index (χ0) is 24.2. The molecule has 0 amide bonds. The van der Waals surface area contributed by atoms with Gasteiger partial charge in [-0.3, -0.25) is 5.41 Å². The van der Waals surface area contributed by atoms with E-state index in [2.05, 4.69) is 55.1 Å². The zero-order valence-corrected chi connectivity index (χ0v) is 21.9. The number of fused-ring (bicyclic) bond motifs is 2. The molecule has 184 valence electrons. The van der Waals surface area contributed by atoms with Crippen molar-refractivity contribution in [1.29, 1.82) is 5.41 Å². The number of hydrogen-bond donors (Lipinski definition) is 2. The molecule has 2 aliphatic carbocycles. The number of amidine groups is 1. The van der Waals surface area contributed by atoms with Crippen molar-refractivity contribution < 1.29 is 5.11 Å². The SMILES string of the molecule is C/C(=C\Cn1cnc2c1C(=N)N(C)CN2C)CC[C@@]1(C)[C@H](C)CC[C@]2(O)[C@@H]1CCCC2(C)C. The molecule has 2 N–H and O–H groups in total. The number of anilines is 1. The van der Waals surface area contributed by atoms with Crippen molar-refractivity contribution in [3.05, 3.63) is 23.7 Å². The molecule has 2 saturated carbocycles. The quantitative estimate of drug-likeness (QED) is 0.594. The maximum atomic E-state index is 11.9. The highest BCUT2D eigenvalue weighted by Crippen LogP contribution is 2.62. The van der Waals surface area contributed by atoms with E-state index in [0.717, 1.165) is 56.6 Å². The smallest absolute Gasteiger partial charge is 0.159 e. The Bertz CT molecular complexity index is 933. The van der Waals surface area contributed by atoms with Crippen LogP contribution in [-0.2, 0) is 6.54 Å². The summed E-state index contributed by atoms with van der Waals surface area (Å²) >= 11 is 0. The highest BCUT2D eigenvalue weighted by molar-refractivity contribution is 6.00. The Morgan fingerprint density at radius 1 is 1.21 bits per heavy atom. The molecule has 1 aromatic heterocycles. The van der Waals surface area contributed by atoms with Crippen LogP contribution in [0.25, 0.3) is 0 Å². The third kappa shape index (κ3) is 3.92. The van der Waals surface area contributed by atoms with Gasteiger partial charge in [-0.05, 0) is 68.1 Å². The average Bonchev–Trinajstić information content (AvgIpc) is 3.18. The number of imidazole rings is 1. The summed E-state index contributed by atoms with van der Waals surface area (Å²) in [6.07, 6.45) is 12.0. The average molecular weight is 456 g/mol. The van der Waals surface area contributed by atoms with Crippen LogP contribution in [0.1, 0.15) is 85.3 Å². The fraction of sp³-hybridized carbons (Fsp3) is 0.778. The van der Waals surface area contributed by atoms with E-state index in [1.165, 1.54) is 12.0 Å². The van der Waals surface area contributed by atoms with Gasteiger partial charge in [0.15, 0.2) is 5.82 Å². The van der Waals surface area contributed by atoms with Gasteiger partial charge >= 0.3 is 0 Å². The van der Waals surface area contributed by atoms with Crippen molar-refractivity contribution in [2.75, 3.05) is 25.7 Å². The summed E-state index contributed by atoms with van der Waals surface area (Å²) in [6, 6.07) is 0. The molecule has 0 radical (unpaired) electrons. The summed E-state index contributed by atoms with van der Waals surface area (Å²) in [5.41, 5.74) is 1.93. The molecule has 33 heavy (non-hydrogen) atoms. The van der Waals surface area contributed by atoms with Crippen molar-refractivity contribution >= 4 is 11.7 Å². The van der Waals surface area contributed by atoms with Crippen LogP contribution in [0.15, 0.2) is 18.0 Å². The molecule has 0 bridgehead atoms. The zero-order valence-electron chi connectivity index (χ0n) is 21.9. The summed E-state index contributed by atoms with van der Waals surface area (Å²) in [5, 5.41) is 20.4. The predicted molar refractivity (Wildman–Crippen MR) is 136 cm³/mol. The van der Waals surface area contributed by atoms with E-state index in [1.54, 1.807) is 0 Å². The summed E-state index contributed by atoms with van der Waals surface area (Å²) < 4.78 is 2.10. The minimum absolute atomic E-state index is 0.00744. The van der Waals surface area contributed by atoms with E-state index in [-0.39, 0.29) is 10.8 Å². The molecule has 6 nitrogen and oxygen atoms in total. The first kappa shape index (κ1) is 24.3. The van der Waals surface area contributed by atoms with Gasteiger partial charge in [0, 0.05) is 20.6 Å². The van der Waals surface area contributed by atoms with Gasteiger partial charge in [-0.2, -0.15) is 0 Å². The molecule has 1 aliphatic heterocycles. The lowest BCUT2D eigenvalue weighted by Crippen LogP contribution is -2.62. The summed E-state index contributed by atoms with van der Waals surface area (Å²) in [7, 11) is 3.99. The van der Waals surface area contributed by atoms with Gasteiger partial charge in [0.05, 0.1) is 18.6 Å². The van der Waals surface area contributed by atoms with Crippen LogP contribution in [0.5, 0.6) is 0 Å². The summed E-state index contributed by atoms with van der Waals surface area (Å²) in [5.74, 6) is 2.45. The van der Waals surface area contributed by atoms with Crippen molar-refractivity contribution in [3.63, 3.8) is 0 Å². The second-order valence-electron chi connectivity index (χ2n) is 12.2. The maximum Gasteiger partial charge on any atom is 0.159 e. The third-order valence-corrected chi connectivity index (χ3v) is 9.83. The van der Waals surface area contributed by atoms with Gasteiger partial charge in [0.2, 0.25) is 0 Å². The number of allylic oxidation sites excluding steroid dienone is 2. The number of nitrogens with zero attached hydrogens (tertiary/aromatic N) is 4. The second kappa shape index (κ2) is 8.44. The Kier molecular flexibility index (Phi) is 6.22. The number of hydrogen-bond acceptors (Lipinski definition) is 4. The van der Waals surface area contributed by atoms with E-state index in [9.17, 15) is 5.11 Å². The third-order valence-electron chi connectivity index (χ3n) is 9.83. The van der Waals surface area contributed by atoms with Crippen LogP contribution < -0.4 is 4.90 Å². The molecule has 4 rings (SSSR count). The first-order chi connectivity index (χ1) is 15.4. The van der Waals surface area contributed by atoms with Gasteiger partial charge < -0.3 is 19.5 Å².